The molecule has 5 heteroatoms. The van der Waals surface area contributed by atoms with Crippen molar-refractivity contribution in [2.24, 2.45) is 0 Å². The molecule has 1 aromatic carbocycles. The van der Waals surface area contributed by atoms with Crippen LogP contribution in [0, 0.1) is 5.82 Å². The van der Waals surface area contributed by atoms with Crippen molar-refractivity contribution < 1.29 is 9.18 Å². The lowest BCUT2D eigenvalue weighted by Gasteiger charge is -2.17. The van der Waals surface area contributed by atoms with E-state index in [9.17, 15) is 9.18 Å². The Morgan fingerprint density at radius 1 is 1.47 bits per heavy atom. The lowest BCUT2D eigenvalue weighted by molar-refractivity contribution is -0.117. The highest BCUT2D eigenvalue weighted by Crippen LogP contribution is 2.30. The van der Waals surface area contributed by atoms with E-state index >= 15 is 0 Å². The number of hydrogen-bond donors (Lipinski definition) is 0. The maximum absolute atomic E-state index is 13.7. The Kier molecular flexibility index (Phi) is 3.11. The third kappa shape index (κ3) is 2.08. The average molecular weight is 337 g/mol. The van der Waals surface area contributed by atoms with Gasteiger partial charge in [-0.3, -0.25) is 4.79 Å². The molecule has 0 radical (unpaired) electrons. The Bertz CT molecular complexity index is 410. The lowest BCUT2D eigenvalue weighted by atomic mass is 10.3. The minimum absolute atomic E-state index is 0.0473. The molecule has 0 bridgehead atoms. The van der Waals surface area contributed by atoms with E-state index in [0.717, 1.165) is 0 Å². The number of carbonyl (C=O) groups excluding carboxylic acids is 1. The fourth-order valence-corrected chi connectivity index (χ4v) is 2.52. The molecule has 0 spiro atoms. The van der Waals surface area contributed by atoms with Crippen molar-refractivity contribution in [3.8, 4) is 0 Å². The van der Waals surface area contributed by atoms with E-state index in [1.807, 2.05) is 0 Å². The van der Waals surface area contributed by atoms with Crippen molar-refractivity contribution >= 4 is 43.5 Å². The number of carbonyl (C=O) groups is 1. The van der Waals surface area contributed by atoms with Gasteiger partial charge in [-0.05, 0) is 28.1 Å². The van der Waals surface area contributed by atoms with Crippen LogP contribution in [0.1, 0.15) is 6.42 Å². The normalized spacial score (nSPS) is 21.1. The molecule has 0 aromatic heterocycles. The van der Waals surface area contributed by atoms with E-state index in [1.165, 1.54) is 4.90 Å². The molecule has 0 aliphatic carbocycles. The number of benzene rings is 1. The number of alkyl halides is 1. The SMILES string of the molecule is O=C1CC(Br)CN1c1cccc(Br)c1F. The Morgan fingerprint density at radius 3 is 2.80 bits per heavy atom. The van der Waals surface area contributed by atoms with Crippen molar-refractivity contribution in [1.29, 1.82) is 0 Å². The van der Waals surface area contributed by atoms with Gasteiger partial charge in [-0.2, -0.15) is 0 Å². The first-order valence-corrected chi connectivity index (χ1v) is 6.19. The van der Waals surface area contributed by atoms with Gasteiger partial charge in [0, 0.05) is 17.8 Å². The molecule has 0 saturated carbocycles. The molecule has 0 N–H and O–H groups in total. The summed E-state index contributed by atoms with van der Waals surface area (Å²) in [7, 11) is 0. The number of anilines is 1. The number of nitrogens with zero attached hydrogens (tertiary/aromatic N) is 1. The number of hydrogen-bond acceptors (Lipinski definition) is 1. The van der Waals surface area contributed by atoms with Crippen LogP contribution in [0.2, 0.25) is 0 Å². The zero-order chi connectivity index (χ0) is 11.0. The number of amides is 1. The Hall–Kier alpha value is -0.420. The van der Waals surface area contributed by atoms with Gasteiger partial charge < -0.3 is 4.90 Å². The first-order valence-electron chi connectivity index (χ1n) is 4.48. The predicted molar refractivity (Wildman–Crippen MR) is 63.8 cm³/mol. The Balaban J connectivity index is 2.38. The second-order valence-corrected chi connectivity index (χ2v) is 5.53. The molecule has 1 amide bonds. The van der Waals surface area contributed by atoms with E-state index in [1.54, 1.807) is 18.2 Å². The summed E-state index contributed by atoms with van der Waals surface area (Å²) in [5.74, 6) is -0.429. The topological polar surface area (TPSA) is 20.3 Å². The molecule has 1 unspecified atom stereocenters. The van der Waals surface area contributed by atoms with Crippen molar-refractivity contribution in [3.63, 3.8) is 0 Å². The summed E-state index contributed by atoms with van der Waals surface area (Å²) < 4.78 is 14.1. The molecule has 2 nitrogen and oxygen atoms in total. The largest absolute Gasteiger partial charge is 0.308 e. The highest BCUT2D eigenvalue weighted by molar-refractivity contribution is 9.10. The second kappa shape index (κ2) is 4.22. The molecular formula is C10H8Br2FNO. The highest BCUT2D eigenvalue weighted by atomic mass is 79.9. The van der Waals surface area contributed by atoms with Crippen molar-refractivity contribution in [2.75, 3.05) is 11.4 Å². The summed E-state index contributed by atoms with van der Waals surface area (Å²) in [5.41, 5.74) is 0.344. The molecule has 1 atom stereocenters. The molecule has 1 fully saturated rings. The van der Waals surface area contributed by atoms with Crippen molar-refractivity contribution in [3.05, 3.63) is 28.5 Å². The zero-order valence-electron chi connectivity index (χ0n) is 7.71. The van der Waals surface area contributed by atoms with Gasteiger partial charge in [0.2, 0.25) is 5.91 Å². The molecule has 2 rings (SSSR count). The van der Waals surface area contributed by atoms with Crippen LogP contribution in [0.25, 0.3) is 0 Å². The van der Waals surface area contributed by atoms with Gasteiger partial charge in [0.25, 0.3) is 0 Å². The van der Waals surface area contributed by atoms with Crippen LogP contribution in [0.15, 0.2) is 22.7 Å². The summed E-state index contributed by atoms with van der Waals surface area (Å²) in [4.78, 5) is 13.1. The zero-order valence-corrected chi connectivity index (χ0v) is 10.9. The summed E-state index contributed by atoms with van der Waals surface area (Å²) in [6.45, 7) is 0.520. The fourth-order valence-electron chi connectivity index (χ4n) is 1.60. The molecule has 1 heterocycles. The molecular weight excluding hydrogens is 329 g/mol. The third-order valence-corrected chi connectivity index (χ3v) is 3.53. The molecule has 15 heavy (non-hydrogen) atoms. The van der Waals surface area contributed by atoms with Gasteiger partial charge in [-0.25, -0.2) is 4.39 Å². The van der Waals surface area contributed by atoms with Crippen LogP contribution >= 0.6 is 31.9 Å². The van der Waals surface area contributed by atoms with Gasteiger partial charge in [-0.1, -0.05) is 22.0 Å². The number of halogens is 3. The molecule has 1 aliphatic heterocycles. The predicted octanol–water partition coefficient (Wildman–Crippen LogP) is 3.09. The van der Waals surface area contributed by atoms with Crippen LogP contribution in [0.3, 0.4) is 0 Å². The van der Waals surface area contributed by atoms with Gasteiger partial charge in [0.1, 0.15) is 0 Å². The minimum Gasteiger partial charge on any atom is -0.308 e. The van der Waals surface area contributed by atoms with Gasteiger partial charge in [-0.15, -0.1) is 0 Å². The van der Waals surface area contributed by atoms with E-state index in [0.29, 0.717) is 23.1 Å². The molecule has 1 aromatic rings. The maximum Gasteiger partial charge on any atom is 0.228 e. The van der Waals surface area contributed by atoms with Crippen LogP contribution in [0.4, 0.5) is 10.1 Å². The summed E-state index contributed by atoms with van der Waals surface area (Å²) >= 11 is 6.47. The van der Waals surface area contributed by atoms with E-state index < -0.39 is 0 Å². The van der Waals surface area contributed by atoms with Crippen molar-refractivity contribution in [1.82, 2.24) is 0 Å². The van der Waals surface area contributed by atoms with Crippen LogP contribution < -0.4 is 4.90 Å². The first-order chi connectivity index (χ1) is 7.09. The molecule has 1 aliphatic rings. The first kappa shape index (κ1) is 11.1. The quantitative estimate of drug-likeness (QED) is 0.722. The van der Waals surface area contributed by atoms with E-state index in [-0.39, 0.29) is 16.6 Å². The maximum atomic E-state index is 13.7. The van der Waals surface area contributed by atoms with Crippen LogP contribution in [-0.2, 0) is 4.79 Å². The minimum atomic E-state index is -0.382. The lowest BCUT2D eigenvalue weighted by Crippen LogP contribution is -2.25. The van der Waals surface area contributed by atoms with Crippen LogP contribution in [-0.4, -0.2) is 17.3 Å². The molecule has 80 valence electrons. The summed E-state index contributed by atoms with van der Waals surface area (Å²) in [6, 6.07) is 4.95. The number of rotatable bonds is 1. The highest BCUT2D eigenvalue weighted by Gasteiger charge is 2.30. The second-order valence-electron chi connectivity index (χ2n) is 3.38. The van der Waals surface area contributed by atoms with Gasteiger partial charge in [0.15, 0.2) is 5.82 Å². The monoisotopic (exact) mass is 335 g/mol. The van der Waals surface area contributed by atoms with Crippen LogP contribution in [0.5, 0.6) is 0 Å². The fraction of sp³-hybridized carbons (Fsp3) is 0.300. The molecule has 1 saturated heterocycles. The average Bonchev–Trinajstić information content (AvgIpc) is 2.50. The van der Waals surface area contributed by atoms with E-state index in [4.69, 9.17) is 0 Å². The van der Waals surface area contributed by atoms with Crippen molar-refractivity contribution in [2.45, 2.75) is 11.2 Å². The van der Waals surface area contributed by atoms with Gasteiger partial charge in [0.05, 0.1) is 10.2 Å². The summed E-state index contributed by atoms with van der Waals surface area (Å²) in [6.07, 6.45) is 0.423. The third-order valence-electron chi connectivity index (χ3n) is 2.30. The summed E-state index contributed by atoms with van der Waals surface area (Å²) in [5, 5.41) is 0. The Labute approximate surface area is 104 Å². The smallest absolute Gasteiger partial charge is 0.228 e. The Morgan fingerprint density at radius 2 is 2.20 bits per heavy atom. The van der Waals surface area contributed by atoms with Gasteiger partial charge >= 0.3 is 0 Å². The standard InChI is InChI=1S/C10H8Br2FNO/c11-6-4-9(15)14(5-6)8-3-1-2-7(12)10(8)13/h1-3,6H,4-5H2. The van der Waals surface area contributed by atoms with E-state index in [2.05, 4.69) is 31.9 Å².